The number of carbonyl (C=O) groups excluding carboxylic acids is 1. The Morgan fingerprint density at radius 1 is 1.03 bits per heavy atom. The van der Waals surface area contributed by atoms with Gasteiger partial charge in [0.05, 0.1) is 16.8 Å². The molecule has 3 aromatic rings. The van der Waals surface area contributed by atoms with Crippen molar-refractivity contribution in [2.24, 2.45) is 0 Å². The van der Waals surface area contributed by atoms with Gasteiger partial charge in [-0.1, -0.05) is 0 Å². The molecule has 0 radical (unpaired) electrons. The molecule has 1 aromatic carbocycles. The van der Waals surface area contributed by atoms with Crippen LogP contribution in [-0.2, 0) is 10.0 Å². The second-order valence-corrected chi connectivity index (χ2v) is 8.78. The summed E-state index contributed by atoms with van der Waals surface area (Å²) in [6.07, 6.45) is 6.84. The molecule has 9 heteroatoms. The number of carbonyl (C=O) groups is 1. The Hall–Kier alpha value is -3.04. The summed E-state index contributed by atoms with van der Waals surface area (Å²) in [5.41, 5.74) is 0.921. The Morgan fingerprint density at radius 3 is 2.34 bits per heavy atom. The van der Waals surface area contributed by atoms with Gasteiger partial charge in [-0.2, -0.15) is 4.31 Å². The van der Waals surface area contributed by atoms with E-state index in [9.17, 15) is 13.2 Å². The number of benzene rings is 1. The summed E-state index contributed by atoms with van der Waals surface area (Å²) in [6, 6.07) is 9.54. The van der Waals surface area contributed by atoms with E-state index in [0.717, 1.165) is 18.7 Å². The Bertz CT molecular complexity index is 1120. The number of hydrogen-bond acceptors (Lipinski definition) is 5. The maximum atomic E-state index is 12.6. The Balaban J connectivity index is 1.45. The van der Waals surface area contributed by atoms with Crippen molar-refractivity contribution in [3.63, 3.8) is 0 Å². The first-order valence-corrected chi connectivity index (χ1v) is 10.8. The van der Waals surface area contributed by atoms with Gasteiger partial charge < -0.3 is 5.32 Å². The third-order valence-corrected chi connectivity index (χ3v) is 6.81. The predicted octanol–water partition coefficient (Wildman–Crippen LogP) is 2.61. The number of aromatic nitrogens is 3. The van der Waals surface area contributed by atoms with Gasteiger partial charge in [-0.3, -0.25) is 9.36 Å². The lowest BCUT2D eigenvalue weighted by atomic mass is 10.2. The molecule has 1 N–H and O–H groups in total. The van der Waals surface area contributed by atoms with Gasteiger partial charge >= 0.3 is 0 Å². The SMILES string of the molecule is Cc1nccn1-c1ccc(NC(=O)c2ccc(S(=O)(=O)N3CCCC3)cc2)cn1. The van der Waals surface area contributed by atoms with E-state index in [4.69, 9.17) is 0 Å². The van der Waals surface area contributed by atoms with Crippen LogP contribution in [-0.4, -0.2) is 46.3 Å². The molecule has 29 heavy (non-hydrogen) atoms. The van der Waals surface area contributed by atoms with Crippen LogP contribution in [0.25, 0.3) is 5.82 Å². The van der Waals surface area contributed by atoms with Crippen molar-refractivity contribution in [2.75, 3.05) is 18.4 Å². The first kappa shape index (κ1) is 19.3. The second kappa shape index (κ2) is 7.76. The molecule has 150 valence electrons. The van der Waals surface area contributed by atoms with Gasteiger partial charge in [0.1, 0.15) is 11.6 Å². The van der Waals surface area contributed by atoms with Gasteiger partial charge in [0.2, 0.25) is 10.0 Å². The summed E-state index contributed by atoms with van der Waals surface area (Å²) in [5, 5.41) is 2.77. The van der Waals surface area contributed by atoms with E-state index in [1.165, 1.54) is 28.6 Å². The molecular weight excluding hydrogens is 390 g/mol. The zero-order valence-electron chi connectivity index (χ0n) is 15.9. The highest BCUT2D eigenvalue weighted by atomic mass is 32.2. The average molecular weight is 411 g/mol. The summed E-state index contributed by atoms with van der Waals surface area (Å²) in [7, 11) is -3.49. The average Bonchev–Trinajstić information content (AvgIpc) is 3.41. The fourth-order valence-electron chi connectivity index (χ4n) is 3.28. The smallest absolute Gasteiger partial charge is 0.255 e. The minimum absolute atomic E-state index is 0.206. The number of pyridine rings is 1. The molecule has 0 spiro atoms. The molecule has 0 unspecified atom stereocenters. The molecule has 4 rings (SSSR count). The molecular formula is C20H21N5O3S. The van der Waals surface area contributed by atoms with Crippen LogP contribution in [0.3, 0.4) is 0 Å². The number of sulfonamides is 1. The number of aryl methyl sites for hydroxylation is 1. The lowest BCUT2D eigenvalue weighted by molar-refractivity contribution is 0.102. The molecule has 1 fully saturated rings. The van der Waals surface area contributed by atoms with Gasteiger partial charge in [0, 0.05) is 31.0 Å². The third-order valence-electron chi connectivity index (χ3n) is 4.90. The highest BCUT2D eigenvalue weighted by Crippen LogP contribution is 2.21. The molecule has 2 aromatic heterocycles. The largest absolute Gasteiger partial charge is 0.321 e. The molecule has 0 aliphatic carbocycles. The molecule has 0 bridgehead atoms. The quantitative estimate of drug-likeness (QED) is 0.696. The molecule has 3 heterocycles. The number of amides is 1. The summed E-state index contributed by atoms with van der Waals surface area (Å²) in [4.78, 5) is 21.2. The number of nitrogens with zero attached hydrogens (tertiary/aromatic N) is 4. The Labute approximate surface area is 169 Å². The third kappa shape index (κ3) is 3.92. The van der Waals surface area contributed by atoms with E-state index in [2.05, 4.69) is 15.3 Å². The Morgan fingerprint density at radius 2 is 1.76 bits per heavy atom. The van der Waals surface area contributed by atoms with E-state index < -0.39 is 10.0 Å². The van der Waals surface area contributed by atoms with E-state index in [1.54, 1.807) is 24.5 Å². The topological polar surface area (TPSA) is 97.2 Å². The highest BCUT2D eigenvalue weighted by molar-refractivity contribution is 7.89. The molecule has 0 atom stereocenters. The first-order chi connectivity index (χ1) is 13.9. The molecule has 0 saturated carbocycles. The van der Waals surface area contributed by atoms with E-state index >= 15 is 0 Å². The van der Waals surface area contributed by atoms with Crippen LogP contribution in [0.1, 0.15) is 29.0 Å². The van der Waals surface area contributed by atoms with Crippen molar-refractivity contribution >= 4 is 21.6 Å². The standard InChI is InChI=1S/C20H21N5O3S/c1-15-21-10-13-25(15)19-9-6-17(14-22-19)23-20(26)16-4-7-18(8-5-16)29(27,28)24-11-2-3-12-24/h4-10,13-14H,2-3,11-12H2,1H3,(H,23,26). The van der Waals surface area contributed by atoms with Crippen LogP contribution in [0.5, 0.6) is 0 Å². The second-order valence-electron chi connectivity index (χ2n) is 6.84. The molecule has 1 aliphatic rings. The number of hydrogen-bond donors (Lipinski definition) is 1. The number of nitrogens with one attached hydrogen (secondary N) is 1. The van der Waals surface area contributed by atoms with Crippen molar-refractivity contribution in [3.05, 3.63) is 66.4 Å². The summed E-state index contributed by atoms with van der Waals surface area (Å²) in [6.45, 7) is 2.98. The van der Waals surface area contributed by atoms with Crippen LogP contribution in [0.4, 0.5) is 5.69 Å². The van der Waals surface area contributed by atoms with Crippen LogP contribution < -0.4 is 5.32 Å². The van der Waals surface area contributed by atoms with Crippen molar-refractivity contribution < 1.29 is 13.2 Å². The monoisotopic (exact) mass is 411 g/mol. The molecule has 1 amide bonds. The highest BCUT2D eigenvalue weighted by Gasteiger charge is 2.27. The molecule has 8 nitrogen and oxygen atoms in total. The summed E-state index contributed by atoms with van der Waals surface area (Å²) in [5.74, 6) is 1.19. The van der Waals surface area contributed by atoms with Crippen LogP contribution in [0, 0.1) is 6.92 Å². The van der Waals surface area contributed by atoms with E-state index in [0.29, 0.717) is 30.2 Å². The lowest BCUT2D eigenvalue weighted by Crippen LogP contribution is -2.27. The number of anilines is 1. The number of imidazole rings is 1. The first-order valence-electron chi connectivity index (χ1n) is 9.33. The van der Waals surface area contributed by atoms with Crippen molar-refractivity contribution in [2.45, 2.75) is 24.7 Å². The lowest BCUT2D eigenvalue weighted by Gasteiger charge is -2.15. The zero-order valence-corrected chi connectivity index (χ0v) is 16.8. The maximum absolute atomic E-state index is 12.6. The fourth-order valence-corrected chi connectivity index (χ4v) is 4.80. The van der Waals surface area contributed by atoms with Crippen molar-refractivity contribution in [3.8, 4) is 5.82 Å². The summed E-state index contributed by atoms with van der Waals surface area (Å²) >= 11 is 0. The number of rotatable bonds is 5. The minimum atomic E-state index is -3.49. The molecule has 1 aliphatic heterocycles. The maximum Gasteiger partial charge on any atom is 0.255 e. The molecule has 1 saturated heterocycles. The van der Waals surface area contributed by atoms with Crippen molar-refractivity contribution in [1.29, 1.82) is 0 Å². The van der Waals surface area contributed by atoms with Crippen LogP contribution >= 0.6 is 0 Å². The fraction of sp³-hybridized carbons (Fsp3) is 0.250. The summed E-state index contributed by atoms with van der Waals surface area (Å²) < 4.78 is 28.5. The van der Waals surface area contributed by atoms with Crippen LogP contribution in [0.2, 0.25) is 0 Å². The van der Waals surface area contributed by atoms with Gasteiger partial charge in [-0.15, -0.1) is 0 Å². The zero-order chi connectivity index (χ0) is 20.4. The van der Waals surface area contributed by atoms with E-state index in [-0.39, 0.29) is 10.8 Å². The van der Waals surface area contributed by atoms with Gasteiger partial charge in [0.15, 0.2) is 0 Å². The van der Waals surface area contributed by atoms with Crippen LogP contribution in [0.15, 0.2) is 59.9 Å². The van der Waals surface area contributed by atoms with Crippen molar-refractivity contribution in [1.82, 2.24) is 18.8 Å². The minimum Gasteiger partial charge on any atom is -0.321 e. The van der Waals surface area contributed by atoms with Gasteiger partial charge in [0.25, 0.3) is 5.91 Å². The van der Waals surface area contributed by atoms with Gasteiger partial charge in [-0.25, -0.2) is 18.4 Å². The predicted molar refractivity (Wildman–Crippen MR) is 108 cm³/mol. The van der Waals surface area contributed by atoms with Gasteiger partial charge in [-0.05, 0) is 56.2 Å². The Kier molecular flexibility index (Phi) is 5.16. The normalized spacial score (nSPS) is 14.8. The van der Waals surface area contributed by atoms with E-state index in [1.807, 2.05) is 17.7 Å².